The van der Waals surface area contributed by atoms with Gasteiger partial charge in [-0.3, -0.25) is 19.5 Å². The fraction of sp³-hybridized carbons (Fsp3) is 0.333. The third-order valence-corrected chi connectivity index (χ3v) is 5.45. The average Bonchev–Trinajstić information content (AvgIpc) is 3.30. The Morgan fingerprint density at radius 1 is 1.24 bits per heavy atom. The quantitative estimate of drug-likeness (QED) is 0.366. The minimum Gasteiger partial charge on any atom is -0.459 e. The molecule has 4 rings (SSSR count). The molecular weight excluding hydrogens is 489 g/mol. The van der Waals surface area contributed by atoms with Crippen LogP contribution in [0.2, 0.25) is 0 Å². The lowest BCUT2D eigenvalue weighted by Crippen LogP contribution is -2.37. The number of halogens is 1. The molecule has 1 saturated heterocycles. The first-order valence-corrected chi connectivity index (χ1v) is 11.1. The molecule has 1 fully saturated rings. The Balaban J connectivity index is 1.72. The molecule has 1 N–H and O–H groups in total. The zero-order chi connectivity index (χ0) is 26.7. The summed E-state index contributed by atoms with van der Waals surface area (Å²) in [6.07, 6.45) is 0.255. The van der Waals surface area contributed by atoms with Crippen LogP contribution in [0, 0.1) is 12.3 Å². The Labute approximate surface area is 209 Å². The molecule has 3 aromatic rings. The molecular formula is C24H22FN5O7. The largest absolute Gasteiger partial charge is 0.459 e. The number of fused-ring (bicyclic) bond motifs is 1. The van der Waals surface area contributed by atoms with Crippen LogP contribution in [0.4, 0.5) is 10.3 Å². The Morgan fingerprint density at radius 2 is 1.97 bits per heavy atom. The second kappa shape index (κ2) is 10.6. The van der Waals surface area contributed by atoms with Crippen LogP contribution >= 0.6 is 0 Å². The molecule has 192 valence electrons. The van der Waals surface area contributed by atoms with E-state index in [2.05, 4.69) is 21.2 Å². The maximum absolute atomic E-state index is 15.5. The molecule has 1 amide bonds. The van der Waals surface area contributed by atoms with Gasteiger partial charge < -0.3 is 14.2 Å². The third-order valence-electron chi connectivity index (χ3n) is 5.45. The number of nitrogens with one attached hydrogen (secondary N) is 1. The van der Waals surface area contributed by atoms with Crippen molar-refractivity contribution >= 4 is 35.0 Å². The SMILES string of the molecule is C#CCn1c(=O)n([C@@H]2O[C@H](COC(=O)c3ccccc3)[C@@H](F)[C@H]2OC(C)=O)c2nc(NC(C)=O)ncc21. The normalized spacial score (nSPS) is 20.8. The van der Waals surface area contributed by atoms with Gasteiger partial charge in [0.05, 0.1) is 18.3 Å². The van der Waals surface area contributed by atoms with Gasteiger partial charge >= 0.3 is 17.6 Å². The van der Waals surface area contributed by atoms with Gasteiger partial charge in [0.1, 0.15) is 18.2 Å². The molecule has 1 aromatic carbocycles. The molecule has 12 nitrogen and oxygen atoms in total. The van der Waals surface area contributed by atoms with Gasteiger partial charge in [0.25, 0.3) is 0 Å². The number of carbonyl (C=O) groups is 3. The molecule has 0 unspecified atom stereocenters. The van der Waals surface area contributed by atoms with Gasteiger partial charge in [-0.2, -0.15) is 4.98 Å². The van der Waals surface area contributed by atoms with Gasteiger partial charge in [0.2, 0.25) is 11.9 Å². The van der Waals surface area contributed by atoms with E-state index >= 15 is 4.39 Å². The van der Waals surface area contributed by atoms with E-state index in [0.717, 1.165) is 16.1 Å². The summed E-state index contributed by atoms with van der Waals surface area (Å²) in [5, 5.41) is 2.40. The van der Waals surface area contributed by atoms with Crippen molar-refractivity contribution in [3.8, 4) is 12.3 Å². The van der Waals surface area contributed by atoms with E-state index in [1.54, 1.807) is 18.2 Å². The van der Waals surface area contributed by atoms with E-state index in [9.17, 15) is 19.2 Å². The number of hydrogen-bond acceptors (Lipinski definition) is 9. The first-order valence-electron chi connectivity index (χ1n) is 11.1. The first kappa shape index (κ1) is 25.5. The number of benzene rings is 1. The summed E-state index contributed by atoms with van der Waals surface area (Å²) in [5.74, 6) is 0.224. The molecule has 1 aliphatic heterocycles. The van der Waals surface area contributed by atoms with E-state index in [4.69, 9.17) is 20.6 Å². The fourth-order valence-electron chi connectivity index (χ4n) is 3.92. The first-order chi connectivity index (χ1) is 17.7. The number of aromatic nitrogens is 4. The van der Waals surface area contributed by atoms with E-state index in [1.807, 2.05) is 0 Å². The smallest absolute Gasteiger partial charge is 0.338 e. The Hall–Kier alpha value is -4.57. The summed E-state index contributed by atoms with van der Waals surface area (Å²) < 4.78 is 33.8. The molecule has 0 aliphatic carbocycles. The van der Waals surface area contributed by atoms with Crippen LogP contribution in [0.1, 0.15) is 30.4 Å². The lowest BCUT2D eigenvalue weighted by molar-refractivity contribution is -0.154. The topological polar surface area (TPSA) is 144 Å². The maximum atomic E-state index is 15.5. The number of terminal acetylenes is 1. The predicted molar refractivity (Wildman–Crippen MR) is 126 cm³/mol. The summed E-state index contributed by atoms with van der Waals surface area (Å²) in [4.78, 5) is 57.2. The monoisotopic (exact) mass is 511 g/mol. The molecule has 2 aromatic heterocycles. The van der Waals surface area contributed by atoms with Gasteiger partial charge in [0, 0.05) is 13.8 Å². The van der Waals surface area contributed by atoms with Gasteiger partial charge in [-0.15, -0.1) is 6.42 Å². The third kappa shape index (κ3) is 5.19. The number of esters is 2. The van der Waals surface area contributed by atoms with E-state index in [0.29, 0.717) is 0 Å². The minimum atomic E-state index is -1.97. The van der Waals surface area contributed by atoms with E-state index in [-0.39, 0.29) is 29.2 Å². The highest BCUT2D eigenvalue weighted by molar-refractivity contribution is 5.89. The van der Waals surface area contributed by atoms with Crippen LogP contribution in [-0.4, -0.2) is 61.9 Å². The molecule has 13 heteroatoms. The highest BCUT2D eigenvalue weighted by atomic mass is 19.1. The number of nitrogens with zero attached hydrogens (tertiary/aromatic N) is 4. The van der Waals surface area contributed by atoms with Crippen LogP contribution in [0.5, 0.6) is 0 Å². The van der Waals surface area contributed by atoms with Crippen molar-refractivity contribution in [2.45, 2.75) is 45.0 Å². The van der Waals surface area contributed by atoms with Gasteiger partial charge in [0.15, 0.2) is 24.2 Å². The summed E-state index contributed by atoms with van der Waals surface area (Å²) in [6, 6.07) is 8.06. The van der Waals surface area contributed by atoms with E-state index < -0.39 is 54.7 Å². The van der Waals surface area contributed by atoms with Crippen molar-refractivity contribution in [2.24, 2.45) is 0 Å². The number of ether oxygens (including phenoxy) is 3. The second-order valence-electron chi connectivity index (χ2n) is 8.07. The fourth-order valence-corrected chi connectivity index (χ4v) is 3.92. The molecule has 1 aliphatic rings. The van der Waals surface area contributed by atoms with Crippen molar-refractivity contribution in [3.05, 3.63) is 52.6 Å². The standard InChI is InChI=1S/C24H22FN5O7/c1-4-10-29-16-11-26-23(27-13(2)31)28-20(16)30(24(29)34)21-19(36-14(3)32)18(25)17(37-21)12-35-22(33)15-8-6-5-7-9-15/h1,5-9,11,17-19,21H,10,12H2,2-3H3,(H,26,27,28,31)/t17-,18-,19-,21-/m1/s1. The van der Waals surface area contributed by atoms with Crippen LogP contribution in [-0.2, 0) is 30.3 Å². The average molecular weight is 511 g/mol. The predicted octanol–water partition coefficient (Wildman–Crippen LogP) is 1.21. The molecule has 37 heavy (non-hydrogen) atoms. The van der Waals surface area contributed by atoms with Crippen molar-refractivity contribution in [1.29, 1.82) is 0 Å². The molecule has 3 heterocycles. The molecule has 4 atom stereocenters. The van der Waals surface area contributed by atoms with Crippen LogP contribution in [0.15, 0.2) is 41.3 Å². The van der Waals surface area contributed by atoms with Crippen molar-refractivity contribution < 1.29 is 33.0 Å². The maximum Gasteiger partial charge on any atom is 0.338 e. The number of anilines is 1. The number of carbonyl (C=O) groups excluding carboxylic acids is 3. The number of hydrogen-bond donors (Lipinski definition) is 1. The van der Waals surface area contributed by atoms with E-state index in [1.165, 1.54) is 25.3 Å². The molecule has 0 spiro atoms. The number of alkyl halides is 1. The summed E-state index contributed by atoms with van der Waals surface area (Å²) in [7, 11) is 0. The molecule has 0 radical (unpaired) electrons. The zero-order valence-corrected chi connectivity index (χ0v) is 19.8. The second-order valence-corrected chi connectivity index (χ2v) is 8.07. The lowest BCUT2D eigenvalue weighted by atomic mass is 10.1. The lowest BCUT2D eigenvalue weighted by Gasteiger charge is -2.19. The van der Waals surface area contributed by atoms with Crippen LogP contribution in [0.25, 0.3) is 11.2 Å². The Kier molecular flexibility index (Phi) is 7.30. The molecule has 0 bridgehead atoms. The minimum absolute atomic E-state index is 0.0460. The van der Waals surface area contributed by atoms with Gasteiger partial charge in [-0.05, 0) is 12.1 Å². The van der Waals surface area contributed by atoms with Crippen LogP contribution < -0.4 is 11.0 Å². The summed E-state index contributed by atoms with van der Waals surface area (Å²) in [6.45, 7) is 1.63. The molecule has 0 saturated carbocycles. The van der Waals surface area contributed by atoms with Crippen LogP contribution in [0.3, 0.4) is 0 Å². The van der Waals surface area contributed by atoms with Crippen molar-refractivity contribution in [1.82, 2.24) is 19.1 Å². The highest BCUT2D eigenvalue weighted by Crippen LogP contribution is 2.35. The Morgan fingerprint density at radius 3 is 2.62 bits per heavy atom. The number of rotatable bonds is 7. The Bertz CT molecular complexity index is 1450. The van der Waals surface area contributed by atoms with Gasteiger partial charge in [-0.25, -0.2) is 23.5 Å². The van der Waals surface area contributed by atoms with Gasteiger partial charge in [-0.1, -0.05) is 24.1 Å². The summed E-state index contributed by atoms with van der Waals surface area (Å²) in [5.41, 5.74) is -0.356. The summed E-state index contributed by atoms with van der Waals surface area (Å²) >= 11 is 0. The number of amides is 1. The van der Waals surface area contributed by atoms with Crippen molar-refractivity contribution in [2.75, 3.05) is 11.9 Å². The number of imidazole rings is 1. The highest BCUT2D eigenvalue weighted by Gasteiger charge is 2.50. The zero-order valence-electron chi connectivity index (χ0n) is 19.8. The van der Waals surface area contributed by atoms with Crippen molar-refractivity contribution in [3.63, 3.8) is 0 Å².